The first-order valence-corrected chi connectivity index (χ1v) is 9.29. The lowest BCUT2D eigenvalue weighted by atomic mass is 9.98. The number of nitrogens with one attached hydrogen (secondary N) is 1. The maximum atomic E-state index is 12.4. The second-order valence-electron chi connectivity index (χ2n) is 6.09. The highest BCUT2D eigenvalue weighted by Gasteiger charge is 2.30. The number of rotatable bonds is 6. The molecule has 0 saturated carbocycles. The van der Waals surface area contributed by atoms with E-state index in [1.165, 1.54) is 0 Å². The predicted molar refractivity (Wildman–Crippen MR) is 103 cm³/mol. The number of carbonyl (C=O) groups is 2. The number of esters is 1. The molecular weight excluding hydrogens is 414 g/mol. The first-order chi connectivity index (χ1) is 13.0. The lowest BCUT2D eigenvalue weighted by Crippen LogP contribution is -2.42. The topological polar surface area (TPSA) is 73.9 Å². The number of amides is 1. The fourth-order valence-corrected chi connectivity index (χ4v) is 3.52. The zero-order chi connectivity index (χ0) is 19.4. The van der Waals surface area contributed by atoms with Crippen LogP contribution < -0.4 is 14.8 Å². The van der Waals surface area contributed by atoms with Gasteiger partial charge in [0.15, 0.2) is 17.6 Å². The lowest BCUT2D eigenvalue weighted by molar-refractivity contribution is -0.130. The van der Waals surface area contributed by atoms with Crippen molar-refractivity contribution in [3.8, 4) is 11.5 Å². The molecule has 1 N–H and O–H groups in total. The van der Waals surface area contributed by atoms with Gasteiger partial charge in [0.1, 0.15) is 0 Å². The van der Waals surface area contributed by atoms with E-state index in [4.69, 9.17) is 14.2 Å². The number of cyclic esters (lactones) is 1. The first-order valence-electron chi connectivity index (χ1n) is 8.50. The number of hydrogen-bond acceptors (Lipinski definition) is 5. The van der Waals surface area contributed by atoms with Crippen molar-refractivity contribution in [1.29, 1.82) is 0 Å². The van der Waals surface area contributed by atoms with Gasteiger partial charge in [-0.05, 0) is 35.7 Å². The van der Waals surface area contributed by atoms with Gasteiger partial charge in [-0.15, -0.1) is 0 Å². The number of ether oxygens (including phenoxy) is 3. The van der Waals surface area contributed by atoms with Crippen LogP contribution in [0, 0.1) is 0 Å². The van der Waals surface area contributed by atoms with E-state index in [1.54, 1.807) is 26.4 Å². The van der Waals surface area contributed by atoms with Crippen molar-refractivity contribution in [2.45, 2.75) is 18.9 Å². The molecule has 2 aromatic carbocycles. The van der Waals surface area contributed by atoms with Gasteiger partial charge in [0.2, 0.25) is 0 Å². The highest BCUT2D eigenvalue weighted by Crippen LogP contribution is 2.33. The molecule has 142 valence electrons. The van der Waals surface area contributed by atoms with Gasteiger partial charge in [0.25, 0.3) is 5.91 Å². The number of benzene rings is 2. The highest BCUT2D eigenvalue weighted by atomic mass is 79.9. The highest BCUT2D eigenvalue weighted by molar-refractivity contribution is 9.10. The molecule has 3 rings (SSSR count). The minimum Gasteiger partial charge on any atom is -0.493 e. The Morgan fingerprint density at radius 3 is 2.67 bits per heavy atom. The molecular formula is C20H20BrNO5. The maximum Gasteiger partial charge on any atom is 0.339 e. The van der Waals surface area contributed by atoms with E-state index in [0.717, 1.165) is 15.6 Å². The average molecular weight is 434 g/mol. The standard InChI is InChI=1S/C20H20BrNO5/c1-25-16-10-13(15(21)11-17(16)26-2)7-8-22-19(23)18-9-12-5-3-4-6-14(12)20(24)27-18/h3-6,10-11,18H,7-9H2,1-2H3,(H,22,23)/t18-/m0/s1. The Morgan fingerprint density at radius 1 is 1.22 bits per heavy atom. The van der Waals surface area contributed by atoms with Crippen LogP contribution >= 0.6 is 15.9 Å². The molecule has 0 aromatic heterocycles. The molecule has 27 heavy (non-hydrogen) atoms. The third-order valence-corrected chi connectivity index (χ3v) is 5.17. The summed E-state index contributed by atoms with van der Waals surface area (Å²) in [5.41, 5.74) is 2.33. The van der Waals surface area contributed by atoms with Crippen LogP contribution in [0.2, 0.25) is 0 Å². The number of methoxy groups -OCH3 is 2. The predicted octanol–water partition coefficient (Wildman–Crippen LogP) is 2.91. The Labute approximate surface area is 165 Å². The summed E-state index contributed by atoms with van der Waals surface area (Å²) in [7, 11) is 3.15. The van der Waals surface area contributed by atoms with Crippen molar-refractivity contribution in [1.82, 2.24) is 5.32 Å². The lowest BCUT2D eigenvalue weighted by Gasteiger charge is -2.23. The van der Waals surface area contributed by atoms with Crippen LogP contribution in [0.4, 0.5) is 0 Å². The molecule has 7 heteroatoms. The van der Waals surface area contributed by atoms with Crippen molar-refractivity contribution in [3.63, 3.8) is 0 Å². The molecule has 1 heterocycles. The fourth-order valence-electron chi connectivity index (χ4n) is 3.00. The van der Waals surface area contributed by atoms with Crippen LogP contribution in [0.5, 0.6) is 11.5 Å². The monoisotopic (exact) mass is 433 g/mol. The maximum absolute atomic E-state index is 12.4. The van der Waals surface area contributed by atoms with Gasteiger partial charge in [-0.1, -0.05) is 34.1 Å². The minimum atomic E-state index is -0.804. The molecule has 0 saturated heterocycles. The van der Waals surface area contributed by atoms with Crippen molar-refractivity contribution < 1.29 is 23.8 Å². The van der Waals surface area contributed by atoms with Gasteiger partial charge >= 0.3 is 5.97 Å². The second-order valence-corrected chi connectivity index (χ2v) is 6.95. The number of halogens is 1. The second kappa shape index (κ2) is 8.43. The van der Waals surface area contributed by atoms with Gasteiger partial charge in [-0.2, -0.15) is 0 Å². The normalized spacial score (nSPS) is 15.5. The number of fused-ring (bicyclic) bond motifs is 1. The summed E-state index contributed by atoms with van der Waals surface area (Å²) in [6.07, 6.45) is 0.166. The largest absolute Gasteiger partial charge is 0.493 e. The summed E-state index contributed by atoms with van der Waals surface area (Å²) in [5, 5.41) is 2.84. The van der Waals surface area contributed by atoms with Gasteiger partial charge in [-0.3, -0.25) is 4.79 Å². The first kappa shape index (κ1) is 19.2. The molecule has 1 atom stereocenters. The molecule has 0 spiro atoms. The van der Waals surface area contributed by atoms with Gasteiger partial charge in [0.05, 0.1) is 19.8 Å². The van der Waals surface area contributed by atoms with Gasteiger partial charge in [0, 0.05) is 17.4 Å². The zero-order valence-corrected chi connectivity index (χ0v) is 16.7. The molecule has 0 aliphatic carbocycles. The molecule has 6 nitrogen and oxygen atoms in total. The van der Waals surface area contributed by atoms with Crippen LogP contribution in [0.3, 0.4) is 0 Å². The van der Waals surface area contributed by atoms with Gasteiger partial charge in [-0.25, -0.2) is 4.79 Å². The van der Waals surface area contributed by atoms with E-state index in [1.807, 2.05) is 24.3 Å². The molecule has 0 unspecified atom stereocenters. The summed E-state index contributed by atoms with van der Waals surface area (Å²) in [5.74, 6) is 0.499. The van der Waals surface area contributed by atoms with Crippen LogP contribution in [-0.2, 0) is 22.4 Å². The van der Waals surface area contributed by atoms with E-state index in [-0.39, 0.29) is 5.91 Å². The number of hydrogen-bond donors (Lipinski definition) is 1. The Hall–Kier alpha value is -2.54. The van der Waals surface area contributed by atoms with Gasteiger partial charge < -0.3 is 19.5 Å². The third-order valence-electron chi connectivity index (χ3n) is 4.43. The molecule has 0 fully saturated rings. The summed E-state index contributed by atoms with van der Waals surface area (Å²) >= 11 is 3.50. The van der Waals surface area contributed by atoms with Crippen LogP contribution in [-0.4, -0.2) is 38.7 Å². The average Bonchev–Trinajstić information content (AvgIpc) is 2.68. The quantitative estimate of drug-likeness (QED) is 0.708. The molecule has 2 aromatic rings. The zero-order valence-electron chi connectivity index (χ0n) is 15.1. The molecule has 1 aliphatic heterocycles. The molecule has 0 radical (unpaired) electrons. The van der Waals surface area contributed by atoms with E-state index in [2.05, 4.69) is 21.2 Å². The molecule has 1 amide bonds. The Balaban J connectivity index is 1.60. The molecule has 0 bridgehead atoms. The minimum absolute atomic E-state index is 0.297. The van der Waals surface area contributed by atoms with Crippen LogP contribution in [0.1, 0.15) is 21.5 Å². The Morgan fingerprint density at radius 2 is 1.93 bits per heavy atom. The fraction of sp³-hybridized carbons (Fsp3) is 0.300. The molecule has 1 aliphatic rings. The summed E-state index contributed by atoms with van der Waals surface area (Å²) in [6, 6.07) is 10.9. The van der Waals surface area contributed by atoms with Crippen molar-refractivity contribution >= 4 is 27.8 Å². The summed E-state index contributed by atoms with van der Waals surface area (Å²) < 4.78 is 16.7. The Bertz CT molecular complexity index is 867. The van der Waals surface area contributed by atoms with E-state index >= 15 is 0 Å². The van der Waals surface area contributed by atoms with Crippen LogP contribution in [0.25, 0.3) is 0 Å². The van der Waals surface area contributed by atoms with Crippen LogP contribution in [0.15, 0.2) is 40.9 Å². The van der Waals surface area contributed by atoms with E-state index in [0.29, 0.717) is 36.4 Å². The number of carbonyl (C=O) groups excluding carboxylic acids is 2. The van der Waals surface area contributed by atoms with Crippen molar-refractivity contribution in [2.75, 3.05) is 20.8 Å². The van der Waals surface area contributed by atoms with Crippen molar-refractivity contribution in [2.24, 2.45) is 0 Å². The Kier molecular flexibility index (Phi) is 6.01. The third kappa shape index (κ3) is 4.24. The van der Waals surface area contributed by atoms with E-state index < -0.39 is 12.1 Å². The summed E-state index contributed by atoms with van der Waals surface area (Å²) in [4.78, 5) is 24.4. The SMILES string of the molecule is COc1cc(Br)c(CCNC(=O)[C@@H]2Cc3ccccc3C(=O)O2)cc1OC. The van der Waals surface area contributed by atoms with E-state index in [9.17, 15) is 9.59 Å². The smallest absolute Gasteiger partial charge is 0.339 e. The summed E-state index contributed by atoms with van der Waals surface area (Å²) in [6.45, 7) is 0.405. The van der Waals surface area contributed by atoms with Crippen molar-refractivity contribution in [3.05, 3.63) is 57.6 Å².